The minimum absolute atomic E-state index is 0.0540. The molecule has 27 heavy (non-hydrogen) atoms. The normalized spacial score (nSPS) is 12.7. The number of carbonyl (C=O) groups is 1. The number of alkyl halides is 3. The van der Waals surface area contributed by atoms with Crippen molar-refractivity contribution in [3.63, 3.8) is 0 Å². The number of carbonyl (C=O) groups excluding carboxylic acids is 1. The maximum Gasteiger partial charge on any atom is 0.418 e. The number of halogens is 4. The van der Waals surface area contributed by atoms with Crippen molar-refractivity contribution in [2.45, 2.75) is 25.7 Å². The predicted molar refractivity (Wildman–Crippen MR) is 99.0 cm³/mol. The van der Waals surface area contributed by atoms with E-state index in [9.17, 15) is 18.0 Å². The first kappa shape index (κ1) is 21.1. The van der Waals surface area contributed by atoms with Gasteiger partial charge in [-0.15, -0.1) is 0 Å². The maximum absolute atomic E-state index is 13.2. The van der Waals surface area contributed by atoms with Crippen molar-refractivity contribution in [3.05, 3.63) is 58.6 Å². The lowest BCUT2D eigenvalue weighted by molar-refractivity contribution is -0.137. The fourth-order valence-electron chi connectivity index (χ4n) is 2.54. The first-order valence-corrected chi connectivity index (χ1v) is 8.51. The van der Waals surface area contributed by atoms with Crippen LogP contribution in [0.4, 0.5) is 18.9 Å². The molecular weight excluding hydrogens is 381 g/mol. The molecule has 146 valence electrons. The molecule has 0 spiro atoms. The molecule has 0 aliphatic carbocycles. The molecule has 4 nitrogen and oxygen atoms in total. The monoisotopic (exact) mass is 400 g/mol. The Balaban J connectivity index is 2.14. The number of anilines is 1. The van der Waals surface area contributed by atoms with Crippen molar-refractivity contribution >= 4 is 23.2 Å². The van der Waals surface area contributed by atoms with Gasteiger partial charge >= 0.3 is 6.18 Å². The van der Waals surface area contributed by atoms with Crippen LogP contribution in [0.15, 0.2) is 42.5 Å². The molecule has 0 unspecified atom stereocenters. The van der Waals surface area contributed by atoms with Gasteiger partial charge in [0, 0.05) is 17.1 Å². The molecule has 1 amide bonds. The summed E-state index contributed by atoms with van der Waals surface area (Å²) in [5.41, 5.74) is -0.443. The first-order valence-electron chi connectivity index (χ1n) is 8.13. The third kappa shape index (κ3) is 5.37. The topological polar surface area (TPSA) is 41.6 Å². The average Bonchev–Trinajstić information content (AvgIpc) is 2.62. The van der Waals surface area contributed by atoms with Gasteiger partial charge in [-0.25, -0.2) is 0 Å². The number of ether oxygens (including phenoxy) is 1. The van der Waals surface area contributed by atoms with Crippen LogP contribution < -0.4 is 10.1 Å². The largest absolute Gasteiger partial charge is 0.496 e. The molecule has 1 atom stereocenters. The second-order valence-corrected chi connectivity index (χ2v) is 6.52. The number of rotatable bonds is 6. The van der Waals surface area contributed by atoms with E-state index in [2.05, 4.69) is 5.32 Å². The van der Waals surface area contributed by atoms with Crippen LogP contribution in [0.5, 0.6) is 5.75 Å². The fourth-order valence-corrected chi connectivity index (χ4v) is 2.71. The molecule has 0 aliphatic heterocycles. The molecule has 2 aromatic rings. The van der Waals surface area contributed by atoms with Crippen molar-refractivity contribution in [1.29, 1.82) is 0 Å². The standard InChI is InChI=1S/C19H20ClF3N2O2/c1-12(25(2)11-13-6-4-5-7-17(13)27-3)18(26)24-16-9-8-14(20)10-15(16)19(21,22)23/h4-10,12H,11H2,1-3H3,(H,24,26)/t12-/m1/s1. The third-order valence-corrected chi connectivity index (χ3v) is 4.43. The number of hydrogen-bond donors (Lipinski definition) is 1. The zero-order valence-electron chi connectivity index (χ0n) is 15.1. The van der Waals surface area contributed by atoms with E-state index in [-0.39, 0.29) is 10.7 Å². The minimum Gasteiger partial charge on any atom is -0.496 e. The van der Waals surface area contributed by atoms with Crippen LogP contribution in [0, 0.1) is 0 Å². The summed E-state index contributed by atoms with van der Waals surface area (Å²) in [6, 6.07) is 9.91. The van der Waals surface area contributed by atoms with Gasteiger partial charge in [0.05, 0.1) is 24.4 Å². The van der Waals surface area contributed by atoms with Crippen LogP contribution in [-0.2, 0) is 17.5 Å². The Hall–Kier alpha value is -2.25. The van der Waals surface area contributed by atoms with Gasteiger partial charge < -0.3 is 10.1 Å². The second kappa shape index (κ2) is 8.63. The maximum atomic E-state index is 13.2. The highest BCUT2D eigenvalue weighted by atomic mass is 35.5. The summed E-state index contributed by atoms with van der Waals surface area (Å²) < 4.78 is 44.8. The zero-order valence-corrected chi connectivity index (χ0v) is 15.9. The van der Waals surface area contributed by atoms with Gasteiger partial charge in [-0.05, 0) is 38.2 Å². The van der Waals surface area contributed by atoms with E-state index in [1.165, 1.54) is 6.07 Å². The van der Waals surface area contributed by atoms with Crippen LogP contribution in [0.25, 0.3) is 0 Å². The highest BCUT2D eigenvalue weighted by molar-refractivity contribution is 6.30. The molecule has 1 N–H and O–H groups in total. The van der Waals surface area contributed by atoms with Crippen molar-refractivity contribution < 1.29 is 22.7 Å². The van der Waals surface area contributed by atoms with Gasteiger partial charge in [0.2, 0.25) is 5.91 Å². The number of nitrogens with one attached hydrogen (secondary N) is 1. The number of methoxy groups -OCH3 is 1. The van der Waals surface area contributed by atoms with Crippen LogP contribution in [-0.4, -0.2) is 31.0 Å². The molecule has 0 fully saturated rings. The molecule has 8 heteroatoms. The van der Waals surface area contributed by atoms with E-state index in [0.29, 0.717) is 12.3 Å². The molecule has 0 aromatic heterocycles. The van der Waals surface area contributed by atoms with Crippen LogP contribution in [0.1, 0.15) is 18.1 Å². The Morgan fingerprint density at radius 3 is 2.56 bits per heavy atom. The molecule has 2 rings (SSSR count). The summed E-state index contributed by atoms with van der Waals surface area (Å²) in [5, 5.41) is 2.29. The van der Waals surface area contributed by atoms with Crippen LogP contribution in [0.2, 0.25) is 5.02 Å². The van der Waals surface area contributed by atoms with E-state index >= 15 is 0 Å². The molecule has 0 saturated carbocycles. The van der Waals surface area contributed by atoms with Crippen LogP contribution in [0.3, 0.4) is 0 Å². The summed E-state index contributed by atoms with van der Waals surface area (Å²) in [6.07, 6.45) is -4.62. The smallest absolute Gasteiger partial charge is 0.418 e. The Kier molecular flexibility index (Phi) is 6.73. The van der Waals surface area contributed by atoms with E-state index in [4.69, 9.17) is 16.3 Å². The molecule has 0 aliphatic rings. The van der Waals surface area contributed by atoms with Gasteiger partial charge in [-0.2, -0.15) is 13.2 Å². The Bertz CT molecular complexity index is 812. The van der Waals surface area contributed by atoms with Gasteiger partial charge in [0.15, 0.2) is 0 Å². The number of likely N-dealkylation sites (N-methyl/N-ethyl adjacent to an activating group) is 1. The number of amides is 1. The zero-order chi connectivity index (χ0) is 20.2. The average molecular weight is 401 g/mol. The highest BCUT2D eigenvalue weighted by Crippen LogP contribution is 2.36. The number of benzene rings is 2. The summed E-state index contributed by atoms with van der Waals surface area (Å²) >= 11 is 5.66. The number of hydrogen-bond acceptors (Lipinski definition) is 3. The van der Waals surface area contributed by atoms with Gasteiger partial charge in [-0.3, -0.25) is 9.69 Å². The molecule has 0 radical (unpaired) electrons. The molecule has 2 aromatic carbocycles. The van der Waals surface area contributed by atoms with E-state index in [1.807, 2.05) is 18.2 Å². The molecule has 0 heterocycles. The lowest BCUT2D eigenvalue weighted by Gasteiger charge is -2.25. The summed E-state index contributed by atoms with van der Waals surface area (Å²) in [6.45, 7) is 2.01. The van der Waals surface area contributed by atoms with Crippen molar-refractivity contribution in [2.24, 2.45) is 0 Å². The van der Waals surface area contributed by atoms with Crippen LogP contribution >= 0.6 is 11.6 Å². The molecule has 0 saturated heterocycles. The van der Waals surface area contributed by atoms with E-state index in [1.54, 1.807) is 32.0 Å². The van der Waals surface area contributed by atoms with Crippen molar-refractivity contribution in [2.75, 3.05) is 19.5 Å². The lowest BCUT2D eigenvalue weighted by atomic mass is 10.1. The SMILES string of the molecule is COc1ccccc1CN(C)[C@H](C)C(=O)Nc1ccc(Cl)cc1C(F)(F)F. The predicted octanol–water partition coefficient (Wildman–Crippen LogP) is 4.83. The summed E-state index contributed by atoms with van der Waals surface area (Å²) in [5.74, 6) is 0.120. The van der Waals surface area contributed by atoms with Gasteiger partial charge in [-0.1, -0.05) is 29.8 Å². The molecular formula is C19H20ClF3N2O2. The third-order valence-electron chi connectivity index (χ3n) is 4.20. The van der Waals surface area contributed by atoms with Crippen molar-refractivity contribution in [1.82, 2.24) is 4.90 Å². The summed E-state index contributed by atoms with van der Waals surface area (Å²) in [4.78, 5) is 14.2. The highest BCUT2D eigenvalue weighted by Gasteiger charge is 2.34. The Labute approximate surface area is 160 Å². The minimum atomic E-state index is -4.62. The van der Waals surface area contributed by atoms with Crippen molar-refractivity contribution in [3.8, 4) is 5.75 Å². The lowest BCUT2D eigenvalue weighted by Crippen LogP contribution is -2.39. The van der Waals surface area contributed by atoms with Gasteiger partial charge in [0.25, 0.3) is 0 Å². The van der Waals surface area contributed by atoms with E-state index < -0.39 is 23.7 Å². The summed E-state index contributed by atoms with van der Waals surface area (Å²) in [7, 11) is 3.26. The number of nitrogens with zero attached hydrogens (tertiary/aromatic N) is 1. The second-order valence-electron chi connectivity index (χ2n) is 6.08. The quantitative estimate of drug-likeness (QED) is 0.755. The van der Waals surface area contributed by atoms with Gasteiger partial charge in [0.1, 0.15) is 5.75 Å². The fraction of sp³-hybridized carbons (Fsp3) is 0.316. The first-order chi connectivity index (χ1) is 12.6. The Morgan fingerprint density at radius 1 is 1.26 bits per heavy atom. The molecule has 0 bridgehead atoms. The number of para-hydroxylation sites is 1. The van der Waals surface area contributed by atoms with E-state index in [0.717, 1.165) is 17.7 Å². The Morgan fingerprint density at radius 2 is 1.93 bits per heavy atom.